The predicted octanol–water partition coefficient (Wildman–Crippen LogP) is 4.54. The van der Waals surface area contributed by atoms with Crippen molar-refractivity contribution in [2.75, 3.05) is 33.8 Å². The summed E-state index contributed by atoms with van der Waals surface area (Å²) in [5, 5.41) is 15.8. The van der Waals surface area contributed by atoms with E-state index in [2.05, 4.69) is 32.0 Å². The molecule has 3 rings (SSSR count). The quantitative estimate of drug-likeness (QED) is 0.620. The van der Waals surface area contributed by atoms with Gasteiger partial charge in [-0.25, -0.2) is 9.48 Å². The first-order chi connectivity index (χ1) is 15.9. The van der Waals surface area contributed by atoms with E-state index in [-0.39, 0.29) is 29.8 Å². The summed E-state index contributed by atoms with van der Waals surface area (Å²) in [6.07, 6.45) is 7.52. The first-order valence-electron chi connectivity index (χ1n) is 12.9. The number of aliphatic hydroxyl groups excluding tert-OH is 1. The van der Waals surface area contributed by atoms with Gasteiger partial charge in [-0.2, -0.15) is 5.10 Å². The fourth-order valence-electron chi connectivity index (χ4n) is 4.78. The van der Waals surface area contributed by atoms with Gasteiger partial charge in [0, 0.05) is 51.0 Å². The van der Waals surface area contributed by atoms with E-state index in [4.69, 9.17) is 14.6 Å². The lowest BCUT2D eigenvalue weighted by Crippen LogP contribution is -2.38. The average molecular weight is 479 g/mol. The zero-order chi connectivity index (χ0) is 25.1. The molecule has 1 saturated carbocycles. The van der Waals surface area contributed by atoms with Crippen molar-refractivity contribution in [2.45, 2.75) is 104 Å². The van der Waals surface area contributed by atoms with Gasteiger partial charge in [-0.3, -0.25) is 0 Å². The van der Waals surface area contributed by atoms with E-state index in [9.17, 15) is 9.90 Å². The van der Waals surface area contributed by atoms with Gasteiger partial charge in [0.05, 0.1) is 11.8 Å². The third kappa shape index (κ3) is 7.18. The molecule has 3 atom stereocenters. The van der Waals surface area contributed by atoms with Crippen molar-refractivity contribution in [1.82, 2.24) is 19.6 Å². The summed E-state index contributed by atoms with van der Waals surface area (Å²) in [4.78, 5) is 16.1. The lowest BCUT2D eigenvalue weighted by atomic mass is 9.70. The molecule has 8 nitrogen and oxygen atoms in total. The largest absolute Gasteiger partial charge is 0.444 e. The number of aliphatic hydroxyl groups is 1. The molecule has 2 fully saturated rings. The topological polar surface area (TPSA) is 80.1 Å². The summed E-state index contributed by atoms with van der Waals surface area (Å²) >= 11 is 0. The highest BCUT2D eigenvalue weighted by molar-refractivity contribution is 5.67. The highest BCUT2D eigenvalue weighted by Gasteiger charge is 2.37. The highest BCUT2D eigenvalue weighted by atomic mass is 16.6. The maximum atomic E-state index is 12.3. The molecule has 0 bridgehead atoms. The van der Waals surface area contributed by atoms with Gasteiger partial charge in [-0.05, 0) is 71.8 Å². The fourth-order valence-corrected chi connectivity index (χ4v) is 4.78. The second-order valence-corrected chi connectivity index (χ2v) is 12.0. The molecule has 1 amide bonds. The zero-order valence-corrected chi connectivity index (χ0v) is 22.3. The van der Waals surface area contributed by atoms with E-state index in [0.29, 0.717) is 6.54 Å². The Bertz CT molecular complexity index is 810. The molecule has 0 radical (unpaired) electrons. The number of hydrogen-bond donors (Lipinski definition) is 1. The van der Waals surface area contributed by atoms with Crippen molar-refractivity contribution in [3.8, 4) is 0 Å². The summed E-state index contributed by atoms with van der Waals surface area (Å²) in [5.41, 5.74) is 1.74. The Morgan fingerprint density at radius 1 is 1.26 bits per heavy atom. The minimum atomic E-state index is -0.499. The standard InChI is InChI=1S/C26H46N4O4/c1-25(2,3)34-24(32)29(7)14-13-28(6)17-20-18-30(22-10-8-9-15-33-22)27-23(20)19-11-12-26(4,5)21(31)16-19/h18-19,21-22,31H,8-17H2,1-7H3/t19?,21-,22?/m1/s1. The molecule has 194 valence electrons. The average Bonchev–Trinajstić information content (AvgIpc) is 3.17. The van der Waals surface area contributed by atoms with Crippen LogP contribution in [0.2, 0.25) is 0 Å². The SMILES string of the molecule is CN(CCN(C)C(=O)OC(C)(C)C)Cc1cn(C2CCCCO2)nc1C1CCC(C)(C)[C@H](O)C1. The molecule has 2 heterocycles. The van der Waals surface area contributed by atoms with Crippen molar-refractivity contribution in [2.24, 2.45) is 5.41 Å². The molecule has 1 aliphatic carbocycles. The second-order valence-electron chi connectivity index (χ2n) is 12.0. The number of ether oxygens (including phenoxy) is 2. The van der Waals surface area contributed by atoms with Crippen molar-refractivity contribution >= 4 is 6.09 Å². The van der Waals surface area contributed by atoms with Crippen LogP contribution in [0.25, 0.3) is 0 Å². The molecule has 1 saturated heterocycles. The van der Waals surface area contributed by atoms with Crippen molar-refractivity contribution in [3.05, 3.63) is 17.5 Å². The number of nitrogens with zero attached hydrogens (tertiary/aromatic N) is 4. The monoisotopic (exact) mass is 478 g/mol. The van der Waals surface area contributed by atoms with E-state index < -0.39 is 5.60 Å². The van der Waals surface area contributed by atoms with E-state index in [0.717, 1.165) is 63.9 Å². The third-order valence-electron chi connectivity index (χ3n) is 7.19. The Balaban J connectivity index is 1.69. The summed E-state index contributed by atoms with van der Waals surface area (Å²) < 4.78 is 13.5. The lowest BCUT2D eigenvalue weighted by Gasteiger charge is -2.39. The van der Waals surface area contributed by atoms with Crippen LogP contribution in [-0.4, -0.2) is 76.3 Å². The van der Waals surface area contributed by atoms with E-state index >= 15 is 0 Å². The predicted molar refractivity (Wildman–Crippen MR) is 133 cm³/mol. The number of carbonyl (C=O) groups excluding carboxylic acids is 1. The highest BCUT2D eigenvalue weighted by Crippen LogP contribution is 2.43. The molecule has 2 aliphatic rings. The number of likely N-dealkylation sites (N-methyl/N-ethyl adjacent to an activating group) is 2. The number of carbonyl (C=O) groups is 1. The van der Waals surface area contributed by atoms with Crippen LogP contribution < -0.4 is 0 Å². The van der Waals surface area contributed by atoms with Gasteiger partial charge in [0.1, 0.15) is 11.8 Å². The Labute approximate surface area is 205 Å². The fraction of sp³-hybridized carbons (Fsp3) is 0.846. The minimum absolute atomic E-state index is 0.00480. The summed E-state index contributed by atoms with van der Waals surface area (Å²) in [6.45, 7) is 12.8. The maximum Gasteiger partial charge on any atom is 0.410 e. The number of hydrogen-bond acceptors (Lipinski definition) is 6. The van der Waals surface area contributed by atoms with Crippen LogP contribution >= 0.6 is 0 Å². The van der Waals surface area contributed by atoms with Crippen LogP contribution in [-0.2, 0) is 16.0 Å². The summed E-state index contributed by atoms with van der Waals surface area (Å²) in [6, 6.07) is 0. The molecule has 1 aliphatic heterocycles. The molecule has 2 unspecified atom stereocenters. The van der Waals surface area contributed by atoms with E-state index in [1.54, 1.807) is 11.9 Å². The zero-order valence-electron chi connectivity index (χ0n) is 22.3. The second kappa shape index (κ2) is 11.0. The van der Waals surface area contributed by atoms with Gasteiger partial charge < -0.3 is 24.4 Å². The summed E-state index contributed by atoms with van der Waals surface area (Å²) in [5.74, 6) is 0.251. The molecular formula is C26H46N4O4. The Hall–Kier alpha value is -1.64. The normalized spacial score (nSPS) is 25.4. The number of aromatic nitrogens is 2. The molecule has 0 spiro atoms. The van der Waals surface area contributed by atoms with Crippen LogP contribution in [0.1, 0.15) is 96.5 Å². The Morgan fingerprint density at radius 3 is 2.62 bits per heavy atom. The molecule has 34 heavy (non-hydrogen) atoms. The maximum absolute atomic E-state index is 12.3. The van der Waals surface area contributed by atoms with Gasteiger partial charge in [-0.1, -0.05) is 13.8 Å². The minimum Gasteiger partial charge on any atom is -0.444 e. The molecule has 1 aromatic rings. The van der Waals surface area contributed by atoms with Gasteiger partial charge in [0.2, 0.25) is 0 Å². The van der Waals surface area contributed by atoms with Crippen molar-refractivity contribution in [3.63, 3.8) is 0 Å². The Kier molecular flexibility index (Phi) is 8.69. The first kappa shape index (κ1) is 27.0. The van der Waals surface area contributed by atoms with Crippen LogP contribution in [0.5, 0.6) is 0 Å². The number of amides is 1. The lowest BCUT2D eigenvalue weighted by molar-refractivity contribution is -0.0401. The van der Waals surface area contributed by atoms with Crippen LogP contribution in [0, 0.1) is 5.41 Å². The molecule has 8 heteroatoms. The van der Waals surface area contributed by atoms with Gasteiger partial charge in [0.15, 0.2) is 0 Å². The Morgan fingerprint density at radius 2 is 2.00 bits per heavy atom. The van der Waals surface area contributed by atoms with E-state index in [1.165, 1.54) is 5.56 Å². The summed E-state index contributed by atoms with van der Waals surface area (Å²) in [7, 11) is 3.84. The van der Waals surface area contributed by atoms with Gasteiger partial charge in [-0.15, -0.1) is 0 Å². The van der Waals surface area contributed by atoms with Crippen LogP contribution in [0.3, 0.4) is 0 Å². The van der Waals surface area contributed by atoms with Crippen LogP contribution in [0.15, 0.2) is 6.20 Å². The third-order valence-corrected chi connectivity index (χ3v) is 7.19. The smallest absolute Gasteiger partial charge is 0.410 e. The van der Waals surface area contributed by atoms with Gasteiger partial charge in [0.25, 0.3) is 0 Å². The number of rotatable bonds is 7. The molecular weight excluding hydrogens is 432 g/mol. The molecule has 0 aromatic carbocycles. The molecule has 1 N–H and O–H groups in total. The van der Waals surface area contributed by atoms with Crippen molar-refractivity contribution < 1.29 is 19.4 Å². The molecule has 1 aromatic heterocycles. The first-order valence-corrected chi connectivity index (χ1v) is 12.9. The van der Waals surface area contributed by atoms with Crippen molar-refractivity contribution in [1.29, 1.82) is 0 Å². The van der Waals surface area contributed by atoms with Gasteiger partial charge >= 0.3 is 6.09 Å². The van der Waals surface area contributed by atoms with Crippen LogP contribution in [0.4, 0.5) is 4.79 Å². The van der Waals surface area contributed by atoms with E-state index in [1.807, 2.05) is 25.5 Å².